The molecule has 0 aliphatic carbocycles. The highest BCUT2D eigenvalue weighted by Gasteiger charge is 1.90. The lowest BCUT2D eigenvalue weighted by Crippen LogP contribution is -2.11. The van der Waals surface area contributed by atoms with Crippen LogP contribution in [0.25, 0.3) is 0 Å². The predicted octanol–water partition coefficient (Wildman–Crippen LogP) is -0.367. The molecule has 0 saturated heterocycles. The van der Waals surface area contributed by atoms with Crippen molar-refractivity contribution in [2.75, 3.05) is 13.6 Å². The van der Waals surface area contributed by atoms with E-state index in [9.17, 15) is 0 Å². The van der Waals surface area contributed by atoms with Gasteiger partial charge in [-0.3, -0.25) is 0 Å². The highest BCUT2D eigenvalue weighted by atomic mass is 15.1. The monoisotopic (exact) mass is 138 g/mol. The van der Waals surface area contributed by atoms with Gasteiger partial charge in [0.25, 0.3) is 0 Å². The first-order valence-corrected chi connectivity index (χ1v) is 3.19. The molecule has 0 spiro atoms. The maximum absolute atomic E-state index is 3.86. The van der Waals surface area contributed by atoms with Crippen LogP contribution in [0.15, 0.2) is 12.5 Å². The lowest BCUT2D eigenvalue weighted by molar-refractivity contribution is 0.752. The van der Waals surface area contributed by atoms with Gasteiger partial charge in [0, 0.05) is 13.0 Å². The molecule has 0 bridgehead atoms. The number of rotatable bonds is 3. The van der Waals surface area contributed by atoms with E-state index in [1.165, 1.54) is 6.33 Å². The van der Waals surface area contributed by atoms with Gasteiger partial charge >= 0.3 is 0 Å². The Morgan fingerprint density at radius 3 is 3.10 bits per heavy atom. The highest BCUT2D eigenvalue weighted by molar-refractivity contribution is 4.90. The topological polar surface area (TPSA) is 50.7 Å². The molecule has 0 unspecified atom stereocenters. The Hall–Kier alpha value is -1.03. The number of hydrogen-bond acceptors (Lipinski definition) is 4. The van der Waals surface area contributed by atoms with Gasteiger partial charge in [-0.15, -0.1) is 5.10 Å². The second kappa shape index (κ2) is 3.90. The Balaban J connectivity index is 2.43. The van der Waals surface area contributed by atoms with Crippen LogP contribution in [-0.2, 0) is 6.42 Å². The maximum Gasteiger partial charge on any atom is 0.138 e. The van der Waals surface area contributed by atoms with Gasteiger partial charge in [0.05, 0.1) is 11.9 Å². The van der Waals surface area contributed by atoms with Crippen molar-refractivity contribution in [2.45, 2.75) is 6.42 Å². The summed E-state index contributed by atoms with van der Waals surface area (Å²) < 4.78 is 0. The van der Waals surface area contributed by atoms with Crippen LogP contribution in [0.3, 0.4) is 0 Å². The van der Waals surface area contributed by atoms with Crippen LogP contribution in [0.4, 0.5) is 0 Å². The molecule has 0 saturated carbocycles. The predicted molar refractivity (Wildman–Crippen MR) is 37.5 cm³/mol. The number of nitrogens with one attached hydrogen (secondary N) is 1. The maximum atomic E-state index is 3.86. The third-order valence-electron chi connectivity index (χ3n) is 1.16. The Morgan fingerprint density at radius 1 is 1.60 bits per heavy atom. The molecular formula is C6H10N4. The van der Waals surface area contributed by atoms with Gasteiger partial charge in [0.2, 0.25) is 0 Å². The fraction of sp³-hybridized carbons (Fsp3) is 0.500. The molecule has 4 nitrogen and oxygen atoms in total. The molecule has 1 heterocycles. The summed E-state index contributed by atoms with van der Waals surface area (Å²) in [5.74, 6) is 0. The van der Waals surface area contributed by atoms with Gasteiger partial charge in [-0.05, 0) is 7.05 Å². The third-order valence-corrected chi connectivity index (χ3v) is 1.16. The van der Waals surface area contributed by atoms with E-state index in [0.29, 0.717) is 0 Å². The minimum absolute atomic E-state index is 0.886. The van der Waals surface area contributed by atoms with Crippen molar-refractivity contribution in [3.8, 4) is 0 Å². The van der Waals surface area contributed by atoms with Crippen molar-refractivity contribution >= 4 is 0 Å². The van der Waals surface area contributed by atoms with E-state index in [4.69, 9.17) is 0 Å². The number of likely N-dealkylation sites (N-methyl/N-ethyl adjacent to an activating group) is 1. The smallest absolute Gasteiger partial charge is 0.138 e. The number of aromatic nitrogens is 3. The average Bonchev–Trinajstić information content (AvgIpc) is 2.03. The molecule has 54 valence electrons. The normalized spacial score (nSPS) is 9.70. The summed E-state index contributed by atoms with van der Waals surface area (Å²) in [7, 11) is 1.91. The van der Waals surface area contributed by atoms with Crippen LogP contribution in [0.2, 0.25) is 0 Å². The van der Waals surface area contributed by atoms with Crippen molar-refractivity contribution in [3.63, 3.8) is 0 Å². The van der Waals surface area contributed by atoms with E-state index in [1.807, 2.05) is 7.05 Å². The molecule has 0 fully saturated rings. The Labute approximate surface area is 59.7 Å². The summed E-state index contributed by atoms with van der Waals surface area (Å²) >= 11 is 0. The summed E-state index contributed by atoms with van der Waals surface area (Å²) in [5, 5.41) is 10.5. The fourth-order valence-electron chi connectivity index (χ4n) is 0.643. The third kappa shape index (κ3) is 2.06. The van der Waals surface area contributed by atoms with Crippen LogP contribution in [0.1, 0.15) is 5.69 Å². The van der Waals surface area contributed by atoms with Gasteiger partial charge in [-0.25, -0.2) is 4.98 Å². The van der Waals surface area contributed by atoms with E-state index in [0.717, 1.165) is 18.7 Å². The Morgan fingerprint density at radius 2 is 2.50 bits per heavy atom. The Kier molecular flexibility index (Phi) is 2.76. The summed E-state index contributed by atoms with van der Waals surface area (Å²) in [6, 6.07) is 0. The lowest BCUT2D eigenvalue weighted by Gasteiger charge is -1.95. The quantitative estimate of drug-likeness (QED) is 0.619. The van der Waals surface area contributed by atoms with Crippen LogP contribution in [-0.4, -0.2) is 28.8 Å². The SMILES string of the molecule is CNCCc1cncnn1. The van der Waals surface area contributed by atoms with Crippen LogP contribution in [0.5, 0.6) is 0 Å². The molecule has 0 amide bonds. The minimum atomic E-state index is 0.886. The molecule has 1 aromatic rings. The first kappa shape index (κ1) is 7.08. The highest BCUT2D eigenvalue weighted by Crippen LogP contribution is 1.86. The second-order valence-electron chi connectivity index (χ2n) is 1.95. The molecule has 1 N–H and O–H groups in total. The van der Waals surface area contributed by atoms with Crippen molar-refractivity contribution in [3.05, 3.63) is 18.2 Å². The minimum Gasteiger partial charge on any atom is -0.319 e. The first-order chi connectivity index (χ1) is 4.93. The van der Waals surface area contributed by atoms with E-state index in [-0.39, 0.29) is 0 Å². The molecule has 1 rings (SSSR count). The molecule has 1 aromatic heterocycles. The fourth-order valence-corrected chi connectivity index (χ4v) is 0.643. The van der Waals surface area contributed by atoms with E-state index < -0.39 is 0 Å². The van der Waals surface area contributed by atoms with Gasteiger partial charge in [-0.2, -0.15) is 5.10 Å². The molecule has 0 radical (unpaired) electrons. The van der Waals surface area contributed by atoms with Crippen molar-refractivity contribution in [1.29, 1.82) is 0 Å². The summed E-state index contributed by atoms with van der Waals surface area (Å²) in [5.41, 5.74) is 0.928. The second-order valence-corrected chi connectivity index (χ2v) is 1.95. The molecule has 10 heavy (non-hydrogen) atoms. The van der Waals surface area contributed by atoms with Crippen LogP contribution in [0, 0.1) is 0 Å². The zero-order chi connectivity index (χ0) is 7.23. The van der Waals surface area contributed by atoms with Crippen molar-refractivity contribution in [2.24, 2.45) is 0 Å². The van der Waals surface area contributed by atoms with Crippen LogP contribution < -0.4 is 5.32 Å². The average molecular weight is 138 g/mol. The van der Waals surface area contributed by atoms with E-state index >= 15 is 0 Å². The van der Waals surface area contributed by atoms with Crippen LogP contribution >= 0.6 is 0 Å². The van der Waals surface area contributed by atoms with Crippen molar-refractivity contribution in [1.82, 2.24) is 20.5 Å². The standard InChI is InChI=1S/C6H10N4/c1-7-3-2-6-4-8-5-9-10-6/h4-5,7H,2-3H2,1H3. The first-order valence-electron chi connectivity index (χ1n) is 3.19. The number of hydrogen-bond donors (Lipinski definition) is 1. The van der Waals surface area contributed by atoms with Crippen molar-refractivity contribution < 1.29 is 0 Å². The van der Waals surface area contributed by atoms with E-state index in [2.05, 4.69) is 20.5 Å². The Bertz CT molecular complexity index is 174. The van der Waals surface area contributed by atoms with Gasteiger partial charge < -0.3 is 5.32 Å². The summed E-state index contributed by atoms with van der Waals surface area (Å²) in [4.78, 5) is 3.84. The molecule has 4 heteroatoms. The zero-order valence-electron chi connectivity index (χ0n) is 5.91. The number of nitrogens with zero attached hydrogens (tertiary/aromatic N) is 3. The van der Waals surface area contributed by atoms with E-state index in [1.54, 1.807) is 6.20 Å². The molecule has 0 aliphatic heterocycles. The molecule has 0 atom stereocenters. The molecular weight excluding hydrogens is 128 g/mol. The molecule has 0 aromatic carbocycles. The van der Waals surface area contributed by atoms with Gasteiger partial charge in [0.1, 0.15) is 6.33 Å². The summed E-state index contributed by atoms with van der Waals surface area (Å²) in [6.07, 6.45) is 4.05. The van der Waals surface area contributed by atoms with Gasteiger partial charge in [0.15, 0.2) is 0 Å². The van der Waals surface area contributed by atoms with Gasteiger partial charge in [-0.1, -0.05) is 0 Å². The molecule has 0 aliphatic rings. The zero-order valence-corrected chi connectivity index (χ0v) is 5.91. The lowest BCUT2D eigenvalue weighted by atomic mass is 10.3. The largest absolute Gasteiger partial charge is 0.319 e. The summed E-state index contributed by atoms with van der Waals surface area (Å²) in [6.45, 7) is 0.917.